The predicted molar refractivity (Wildman–Crippen MR) is 125 cm³/mol. The minimum absolute atomic E-state index is 0.0352. The first-order valence-corrected chi connectivity index (χ1v) is 12.4. The van der Waals surface area contributed by atoms with E-state index in [4.69, 9.17) is 0 Å². The molecule has 174 valence electrons. The van der Waals surface area contributed by atoms with Gasteiger partial charge in [-0.1, -0.05) is 23.9 Å². The van der Waals surface area contributed by atoms with Gasteiger partial charge in [-0.25, -0.2) is 9.97 Å². The van der Waals surface area contributed by atoms with Crippen molar-refractivity contribution in [1.82, 2.24) is 14.9 Å². The highest BCUT2D eigenvalue weighted by Crippen LogP contribution is 2.30. The fourth-order valence-electron chi connectivity index (χ4n) is 3.56. The maximum absolute atomic E-state index is 13.0. The van der Waals surface area contributed by atoms with Crippen LogP contribution in [0.4, 0.5) is 19.0 Å². The molecular formula is C23H23F3N4OS2. The summed E-state index contributed by atoms with van der Waals surface area (Å²) in [5.41, 5.74) is 2.02. The summed E-state index contributed by atoms with van der Waals surface area (Å²) in [5, 5.41) is 2.03. The fraction of sp³-hybridized carbons (Fsp3) is 0.348. The Hall–Kier alpha value is -2.59. The van der Waals surface area contributed by atoms with Crippen molar-refractivity contribution in [3.05, 3.63) is 70.4 Å². The average Bonchev–Trinajstić information content (AvgIpc) is 3.07. The molecule has 3 aromatic rings. The topological polar surface area (TPSA) is 49.3 Å². The predicted octanol–water partition coefficient (Wildman–Crippen LogP) is 5.51. The molecule has 4 rings (SSSR count). The van der Waals surface area contributed by atoms with Gasteiger partial charge in [0, 0.05) is 54.8 Å². The van der Waals surface area contributed by atoms with E-state index in [1.54, 1.807) is 28.0 Å². The molecule has 1 aliphatic rings. The number of halogens is 3. The first-order chi connectivity index (χ1) is 15.8. The number of aromatic nitrogens is 2. The van der Waals surface area contributed by atoms with E-state index in [9.17, 15) is 18.0 Å². The van der Waals surface area contributed by atoms with Gasteiger partial charge in [0.25, 0.3) is 5.91 Å². The monoisotopic (exact) mass is 492 g/mol. The molecule has 5 nitrogen and oxygen atoms in total. The van der Waals surface area contributed by atoms with E-state index in [1.165, 1.54) is 6.07 Å². The van der Waals surface area contributed by atoms with E-state index >= 15 is 0 Å². The molecule has 2 aromatic heterocycles. The summed E-state index contributed by atoms with van der Waals surface area (Å²) >= 11 is 3.31. The Morgan fingerprint density at radius 2 is 1.88 bits per heavy atom. The third kappa shape index (κ3) is 6.05. The van der Waals surface area contributed by atoms with Crippen molar-refractivity contribution >= 4 is 34.8 Å². The molecule has 0 atom stereocenters. The lowest BCUT2D eigenvalue weighted by Crippen LogP contribution is -2.35. The summed E-state index contributed by atoms with van der Waals surface area (Å²) in [6, 6.07) is 10.1. The van der Waals surface area contributed by atoms with Gasteiger partial charge >= 0.3 is 6.18 Å². The number of rotatable bonds is 5. The molecule has 0 spiro atoms. The second kappa shape index (κ2) is 10.1. The highest BCUT2D eigenvalue weighted by Gasteiger charge is 2.31. The second-order valence-electron chi connectivity index (χ2n) is 7.78. The number of hydrogen-bond donors (Lipinski definition) is 0. The van der Waals surface area contributed by atoms with Gasteiger partial charge < -0.3 is 9.80 Å². The lowest BCUT2D eigenvalue weighted by atomic mass is 10.1. The summed E-state index contributed by atoms with van der Waals surface area (Å²) in [7, 11) is 0. The van der Waals surface area contributed by atoms with Crippen LogP contribution in [0.2, 0.25) is 0 Å². The number of amides is 1. The number of anilines is 1. The molecule has 0 aliphatic carbocycles. The van der Waals surface area contributed by atoms with Crippen molar-refractivity contribution in [3.8, 4) is 0 Å². The molecule has 0 saturated carbocycles. The van der Waals surface area contributed by atoms with E-state index in [0.29, 0.717) is 37.6 Å². The van der Waals surface area contributed by atoms with E-state index in [0.717, 1.165) is 40.0 Å². The van der Waals surface area contributed by atoms with Gasteiger partial charge in [0.1, 0.15) is 10.2 Å². The molecule has 1 aliphatic heterocycles. The van der Waals surface area contributed by atoms with E-state index in [1.807, 2.05) is 41.5 Å². The molecule has 3 heterocycles. The maximum atomic E-state index is 13.0. The van der Waals surface area contributed by atoms with Crippen molar-refractivity contribution in [3.63, 3.8) is 0 Å². The summed E-state index contributed by atoms with van der Waals surface area (Å²) in [6.07, 6.45) is -2.82. The van der Waals surface area contributed by atoms with Crippen LogP contribution in [0.1, 0.15) is 33.6 Å². The number of benzene rings is 1. The van der Waals surface area contributed by atoms with Gasteiger partial charge in [-0.3, -0.25) is 4.79 Å². The smallest absolute Gasteiger partial charge is 0.355 e. The Morgan fingerprint density at radius 1 is 1.09 bits per heavy atom. The highest BCUT2D eigenvalue weighted by atomic mass is 32.2. The average molecular weight is 493 g/mol. The molecule has 1 saturated heterocycles. The van der Waals surface area contributed by atoms with Gasteiger partial charge in [-0.15, -0.1) is 11.3 Å². The Labute approximate surface area is 198 Å². The standard InChI is InChI=1S/C23H23F3N4OS2/c1-16-14-32-22(28-16)33-15-17-3-5-18(6-4-17)21(31)30-10-2-9-29(11-12-30)20-8-7-19(13-27-20)23(24,25)26/h3-8,13-14H,2,9-12,15H2,1H3. The van der Waals surface area contributed by atoms with Crippen LogP contribution in [0.15, 0.2) is 52.3 Å². The summed E-state index contributed by atoms with van der Waals surface area (Å²) in [4.78, 5) is 25.2. The SMILES string of the molecule is Cc1csc(SCc2ccc(C(=O)N3CCCN(c4ccc(C(F)(F)F)cn4)CC3)cc2)n1. The molecule has 10 heteroatoms. The third-order valence-corrected chi connectivity index (χ3v) is 7.55. The zero-order valence-electron chi connectivity index (χ0n) is 18.0. The van der Waals surface area contributed by atoms with Crippen molar-refractivity contribution in [1.29, 1.82) is 0 Å². The Balaban J connectivity index is 1.33. The van der Waals surface area contributed by atoms with Gasteiger partial charge in [-0.2, -0.15) is 13.2 Å². The summed E-state index contributed by atoms with van der Waals surface area (Å²) in [6.45, 7) is 4.21. The molecule has 0 radical (unpaired) electrons. The van der Waals surface area contributed by atoms with Gasteiger partial charge in [0.05, 0.1) is 5.56 Å². The van der Waals surface area contributed by atoms with Crippen molar-refractivity contribution in [2.75, 3.05) is 31.1 Å². The quantitative estimate of drug-likeness (QED) is 0.440. The maximum Gasteiger partial charge on any atom is 0.417 e. The number of pyridine rings is 1. The fourth-order valence-corrected chi connectivity index (χ4v) is 5.37. The normalized spacial score (nSPS) is 14.9. The largest absolute Gasteiger partial charge is 0.417 e. The number of aryl methyl sites for hydroxylation is 1. The van der Waals surface area contributed by atoms with E-state index in [-0.39, 0.29) is 5.91 Å². The molecule has 0 unspecified atom stereocenters. The number of alkyl halides is 3. The van der Waals surface area contributed by atoms with Crippen LogP contribution in [0, 0.1) is 6.92 Å². The number of carbonyl (C=O) groups excluding carboxylic acids is 1. The molecule has 0 N–H and O–H groups in total. The Bertz CT molecular complexity index is 1080. The van der Waals surface area contributed by atoms with Crippen molar-refractivity contribution < 1.29 is 18.0 Å². The number of carbonyl (C=O) groups is 1. The third-order valence-electron chi connectivity index (χ3n) is 5.34. The van der Waals surface area contributed by atoms with Crippen LogP contribution in [-0.4, -0.2) is 47.0 Å². The van der Waals surface area contributed by atoms with Crippen LogP contribution >= 0.6 is 23.1 Å². The van der Waals surface area contributed by atoms with Gasteiger partial charge in [0.2, 0.25) is 0 Å². The van der Waals surface area contributed by atoms with Crippen LogP contribution in [-0.2, 0) is 11.9 Å². The van der Waals surface area contributed by atoms with Crippen molar-refractivity contribution in [2.45, 2.75) is 29.6 Å². The highest BCUT2D eigenvalue weighted by molar-refractivity contribution is 8.00. The van der Waals surface area contributed by atoms with E-state index in [2.05, 4.69) is 9.97 Å². The Kier molecular flexibility index (Phi) is 7.23. The lowest BCUT2D eigenvalue weighted by molar-refractivity contribution is -0.137. The first-order valence-electron chi connectivity index (χ1n) is 10.5. The number of thioether (sulfide) groups is 1. The molecule has 1 aromatic carbocycles. The first kappa shape index (κ1) is 23.6. The number of hydrogen-bond acceptors (Lipinski definition) is 6. The van der Waals surface area contributed by atoms with Gasteiger partial charge in [0.15, 0.2) is 0 Å². The summed E-state index contributed by atoms with van der Waals surface area (Å²) in [5.74, 6) is 1.25. The van der Waals surface area contributed by atoms with Crippen LogP contribution in [0.5, 0.6) is 0 Å². The summed E-state index contributed by atoms with van der Waals surface area (Å²) < 4.78 is 39.4. The molecule has 0 bridgehead atoms. The van der Waals surface area contributed by atoms with Crippen LogP contribution < -0.4 is 4.90 Å². The number of nitrogens with zero attached hydrogens (tertiary/aromatic N) is 4. The minimum Gasteiger partial charge on any atom is -0.355 e. The molecular weight excluding hydrogens is 469 g/mol. The molecule has 33 heavy (non-hydrogen) atoms. The van der Waals surface area contributed by atoms with Crippen LogP contribution in [0.3, 0.4) is 0 Å². The Morgan fingerprint density at radius 3 is 2.52 bits per heavy atom. The minimum atomic E-state index is -4.40. The lowest BCUT2D eigenvalue weighted by Gasteiger charge is -2.23. The molecule has 1 amide bonds. The van der Waals surface area contributed by atoms with Crippen LogP contribution in [0.25, 0.3) is 0 Å². The van der Waals surface area contributed by atoms with Crippen molar-refractivity contribution in [2.24, 2.45) is 0 Å². The van der Waals surface area contributed by atoms with E-state index < -0.39 is 11.7 Å². The zero-order valence-corrected chi connectivity index (χ0v) is 19.6. The molecule has 1 fully saturated rings. The van der Waals surface area contributed by atoms with Gasteiger partial charge in [-0.05, 0) is 43.2 Å². The zero-order chi connectivity index (χ0) is 23.4. The second-order valence-corrected chi connectivity index (χ2v) is 9.86. The number of thiazole rings is 1.